The van der Waals surface area contributed by atoms with Crippen molar-refractivity contribution in [2.45, 2.75) is 58.7 Å². The van der Waals surface area contributed by atoms with E-state index >= 15 is 0 Å². The highest BCUT2D eigenvalue weighted by Gasteiger charge is 2.56. The fourth-order valence-electron chi connectivity index (χ4n) is 4.79. The zero-order chi connectivity index (χ0) is 16.5. The van der Waals surface area contributed by atoms with Gasteiger partial charge in [-0.05, 0) is 42.9 Å². The largest absolute Gasteiger partial charge is 0.396 e. The first-order valence-electron chi connectivity index (χ1n) is 9.41. The summed E-state index contributed by atoms with van der Waals surface area (Å²) in [5.41, 5.74) is 0.145. The third-order valence-electron chi connectivity index (χ3n) is 6.17. The lowest BCUT2D eigenvalue weighted by Crippen LogP contribution is -2.46. The predicted molar refractivity (Wildman–Crippen MR) is 89.0 cm³/mol. The molecule has 2 saturated carbocycles. The first kappa shape index (κ1) is 17.7. The Balaban J connectivity index is 0.000000267. The van der Waals surface area contributed by atoms with Crippen LogP contribution in [0.15, 0.2) is 0 Å². The third-order valence-corrected chi connectivity index (χ3v) is 6.17. The molecule has 1 spiro atoms. The van der Waals surface area contributed by atoms with E-state index in [1.165, 1.54) is 19.3 Å². The Hall–Kier alpha value is -0.160. The first-order chi connectivity index (χ1) is 10.9. The second-order valence-electron chi connectivity index (χ2n) is 8.86. The molecule has 134 valence electrons. The Labute approximate surface area is 140 Å². The van der Waals surface area contributed by atoms with Gasteiger partial charge in [0.05, 0.1) is 13.2 Å². The standard InChI is InChI=1S/C15H26O3.C4H8O/c1-10-4-11-5-15(6-12(11)13(10)7-16)17-8-14(2,3)9-18-15;1-2-4-5-3-1/h10-13,16H,4-9H2,1-3H3;1-4H2/t10-,11-,12+,13+;/m1./s1. The minimum atomic E-state index is -0.321. The van der Waals surface area contributed by atoms with E-state index in [-0.39, 0.29) is 11.2 Å². The van der Waals surface area contributed by atoms with Gasteiger partial charge in [-0.1, -0.05) is 20.8 Å². The van der Waals surface area contributed by atoms with Gasteiger partial charge >= 0.3 is 0 Å². The van der Waals surface area contributed by atoms with Crippen molar-refractivity contribution in [2.75, 3.05) is 33.0 Å². The van der Waals surface area contributed by atoms with Crippen molar-refractivity contribution in [1.29, 1.82) is 0 Å². The van der Waals surface area contributed by atoms with E-state index in [4.69, 9.17) is 14.2 Å². The fraction of sp³-hybridized carbons (Fsp3) is 1.00. The van der Waals surface area contributed by atoms with Gasteiger partial charge in [-0.15, -0.1) is 0 Å². The maximum atomic E-state index is 9.57. The molecular weight excluding hydrogens is 292 g/mol. The predicted octanol–water partition coefficient (Wildman–Crippen LogP) is 3.23. The number of aliphatic hydroxyl groups excluding tert-OH is 1. The highest BCUT2D eigenvalue weighted by molar-refractivity contribution is 5.00. The van der Waals surface area contributed by atoms with Gasteiger partial charge in [0.25, 0.3) is 0 Å². The summed E-state index contributed by atoms with van der Waals surface area (Å²) in [6, 6.07) is 0. The number of ether oxygens (including phenoxy) is 3. The normalized spacial score (nSPS) is 40.7. The SMILES string of the molecule is C1CCOC1.C[C@@H]1C[C@@H]2CC3(C[C@@H]2[C@H]1CO)OCC(C)(C)CO3. The summed E-state index contributed by atoms with van der Waals surface area (Å²) < 4.78 is 17.1. The van der Waals surface area contributed by atoms with Crippen molar-refractivity contribution in [3.63, 3.8) is 0 Å². The Kier molecular flexibility index (Phi) is 5.37. The molecule has 4 aliphatic rings. The van der Waals surface area contributed by atoms with E-state index < -0.39 is 0 Å². The van der Waals surface area contributed by atoms with Crippen LogP contribution in [0, 0.1) is 29.1 Å². The number of hydrogen-bond donors (Lipinski definition) is 1. The molecule has 4 heteroatoms. The van der Waals surface area contributed by atoms with Gasteiger partial charge in [0, 0.05) is 38.1 Å². The van der Waals surface area contributed by atoms with E-state index in [1.807, 2.05) is 0 Å². The lowest BCUT2D eigenvalue weighted by atomic mass is 9.88. The van der Waals surface area contributed by atoms with Crippen molar-refractivity contribution >= 4 is 0 Å². The van der Waals surface area contributed by atoms with Gasteiger partial charge in [-0.25, -0.2) is 0 Å². The first-order valence-corrected chi connectivity index (χ1v) is 9.41. The topological polar surface area (TPSA) is 47.9 Å². The Morgan fingerprint density at radius 1 is 1.04 bits per heavy atom. The van der Waals surface area contributed by atoms with Crippen LogP contribution in [0.5, 0.6) is 0 Å². The van der Waals surface area contributed by atoms with Crippen molar-refractivity contribution in [1.82, 2.24) is 0 Å². The van der Waals surface area contributed by atoms with E-state index in [0.29, 0.717) is 30.3 Å². The molecule has 1 N–H and O–H groups in total. The molecule has 0 radical (unpaired) electrons. The van der Waals surface area contributed by atoms with Crippen LogP contribution in [0.2, 0.25) is 0 Å². The van der Waals surface area contributed by atoms with E-state index in [1.54, 1.807) is 0 Å². The summed E-state index contributed by atoms with van der Waals surface area (Å²) in [6.07, 6.45) is 5.81. The molecule has 4 fully saturated rings. The van der Waals surface area contributed by atoms with Gasteiger partial charge in [-0.2, -0.15) is 0 Å². The van der Waals surface area contributed by atoms with Crippen LogP contribution in [-0.4, -0.2) is 43.9 Å². The minimum Gasteiger partial charge on any atom is -0.396 e. The molecule has 4 nitrogen and oxygen atoms in total. The van der Waals surface area contributed by atoms with Crippen LogP contribution in [-0.2, 0) is 14.2 Å². The summed E-state index contributed by atoms with van der Waals surface area (Å²) in [6.45, 7) is 10.6. The molecule has 2 saturated heterocycles. The number of aliphatic hydroxyl groups is 1. The van der Waals surface area contributed by atoms with Crippen LogP contribution < -0.4 is 0 Å². The van der Waals surface area contributed by atoms with E-state index in [2.05, 4.69) is 20.8 Å². The molecule has 2 aliphatic carbocycles. The Morgan fingerprint density at radius 2 is 1.70 bits per heavy atom. The maximum absolute atomic E-state index is 9.57. The molecule has 23 heavy (non-hydrogen) atoms. The molecule has 0 aromatic carbocycles. The molecule has 0 aromatic heterocycles. The third kappa shape index (κ3) is 3.92. The van der Waals surface area contributed by atoms with Crippen LogP contribution in [0.4, 0.5) is 0 Å². The Morgan fingerprint density at radius 3 is 2.22 bits per heavy atom. The molecule has 0 bridgehead atoms. The van der Waals surface area contributed by atoms with Crippen molar-refractivity contribution in [3.8, 4) is 0 Å². The summed E-state index contributed by atoms with van der Waals surface area (Å²) >= 11 is 0. The monoisotopic (exact) mass is 326 g/mol. The summed E-state index contributed by atoms with van der Waals surface area (Å²) in [5, 5.41) is 9.57. The van der Waals surface area contributed by atoms with E-state index in [9.17, 15) is 5.11 Å². The second-order valence-corrected chi connectivity index (χ2v) is 8.86. The van der Waals surface area contributed by atoms with Crippen molar-refractivity contribution in [3.05, 3.63) is 0 Å². The summed E-state index contributed by atoms with van der Waals surface area (Å²) in [7, 11) is 0. The summed E-state index contributed by atoms with van der Waals surface area (Å²) in [4.78, 5) is 0. The van der Waals surface area contributed by atoms with E-state index in [0.717, 1.165) is 39.3 Å². The second kappa shape index (κ2) is 6.99. The smallest absolute Gasteiger partial charge is 0.168 e. The average Bonchev–Trinajstić information content (AvgIpc) is 3.21. The maximum Gasteiger partial charge on any atom is 0.168 e. The number of fused-ring (bicyclic) bond motifs is 1. The zero-order valence-electron chi connectivity index (χ0n) is 15.1. The van der Waals surface area contributed by atoms with Gasteiger partial charge in [-0.3, -0.25) is 0 Å². The van der Waals surface area contributed by atoms with Crippen molar-refractivity contribution < 1.29 is 19.3 Å². The Bertz CT molecular complexity index is 373. The van der Waals surface area contributed by atoms with Gasteiger partial charge < -0.3 is 19.3 Å². The van der Waals surface area contributed by atoms with Crippen LogP contribution in [0.25, 0.3) is 0 Å². The average molecular weight is 326 g/mol. The molecule has 0 amide bonds. The minimum absolute atomic E-state index is 0.145. The number of rotatable bonds is 1. The lowest BCUT2D eigenvalue weighted by molar-refractivity contribution is -0.298. The molecule has 0 aromatic rings. The van der Waals surface area contributed by atoms with Gasteiger partial charge in [0.1, 0.15) is 0 Å². The van der Waals surface area contributed by atoms with Gasteiger partial charge in [0.15, 0.2) is 5.79 Å². The zero-order valence-corrected chi connectivity index (χ0v) is 15.1. The molecule has 0 unspecified atom stereocenters. The van der Waals surface area contributed by atoms with Crippen LogP contribution >= 0.6 is 0 Å². The molecule has 2 heterocycles. The van der Waals surface area contributed by atoms with Crippen LogP contribution in [0.1, 0.15) is 52.9 Å². The quantitative estimate of drug-likeness (QED) is 0.804. The molecule has 4 atom stereocenters. The number of hydrogen-bond acceptors (Lipinski definition) is 4. The molecule has 4 rings (SSSR count). The summed E-state index contributed by atoms with van der Waals surface area (Å²) in [5.74, 6) is 2.08. The highest BCUT2D eigenvalue weighted by atomic mass is 16.7. The van der Waals surface area contributed by atoms with Gasteiger partial charge in [0.2, 0.25) is 0 Å². The molecule has 2 aliphatic heterocycles. The lowest BCUT2D eigenvalue weighted by Gasteiger charge is -2.42. The van der Waals surface area contributed by atoms with Crippen molar-refractivity contribution in [2.24, 2.45) is 29.1 Å². The molecular formula is C19H34O4. The fourth-order valence-corrected chi connectivity index (χ4v) is 4.79. The highest BCUT2D eigenvalue weighted by Crippen LogP contribution is 2.56. The van der Waals surface area contributed by atoms with Crippen LogP contribution in [0.3, 0.4) is 0 Å².